The number of benzene rings is 1. The van der Waals surface area contributed by atoms with Crippen LogP contribution < -0.4 is 0 Å². The molecule has 0 radical (unpaired) electrons. The van der Waals surface area contributed by atoms with Crippen LogP contribution in [0.4, 0.5) is 4.39 Å². The number of halogens is 3. The van der Waals surface area contributed by atoms with Gasteiger partial charge in [0.1, 0.15) is 11.6 Å². The first-order chi connectivity index (χ1) is 9.31. The van der Waals surface area contributed by atoms with Gasteiger partial charge in [-0.05, 0) is 45.6 Å². The van der Waals surface area contributed by atoms with Crippen LogP contribution in [-0.4, -0.2) is 20.0 Å². The lowest BCUT2D eigenvalue weighted by atomic mass is 10.3. The van der Waals surface area contributed by atoms with E-state index in [0.717, 1.165) is 29.5 Å². The number of carbonyl (C=O) groups excluding carboxylic acids is 1. The van der Waals surface area contributed by atoms with Gasteiger partial charge in [-0.1, -0.05) is 11.6 Å². The molecule has 0 aliphatic carbocycles. The number of Topliss-reactive ketones (excluding diaryl/α,β-unsaturated/α-hetero) is 1. The van der Waals surface area contributed by atoms with Crippen LogP contribution in [0.1, 0.15) is 9.67 Å². The van der Waals surface area contributed by atoms with Crippen molar-refractivity contribution in [3.05, 3.63) is 49.8 Å². The quantitative estimate of drug-likeness (QED) is 0.579. The summed E-state index contributed by atoms with van der Waals surface area (Å²) in [6.45, 7) is 0. The van der Waals surface area contributed by atoms with Crippen molar-refractivity contribution in [3.8, 4) is 0 Å². The molecule has 0 bridgehead atoms. The van der Waals surface area contributed by atoms with Gasteiger partial charge in [0, 0.05) is 4.47 Å². The molecule has 0 fully saturated rings. The third-order valence-corrected chi connectivity index (χ3v) is 6.22. The maximum atomic E-state index is 13.0. The number of ketones is 1. The minimum absolute atomic E-state index is 0.176. The van der Waals surface area contributed by atoms with E-state index in [2.05, 4.69) is 15.9 Å². The minimum atomic E-state index is -3.86. The van der Waals surface area contributed by atoms with E-state index >= 15 is 0 Å². The first-order valence-corrected chi connectivity index (χ1v) is 8.95. The van der Waals surface area contributed by atoms with Crippen LogP contribution in [0.25, 0.3) is 0 Å². The van der Waals surface area contributed by atoms with Crippen LogP contribution in [0.5, 0.6) is 0 Å². The second kappa shape index (κ2) is 5.93. The van der Waals surface area contributed by atoms with Gasteiger partial charge in [0.15, 0.2) is 15.6 Å². The molecule has 0 N–H and O–H groups in total. The smallest absolute Gasteiger partial charge is 0.189 e. The lowest BCUT2D eigenvalue weighted by Gasteiger charge is -2.04. The third-order valence-electron chi connectivity index (χ3n) is 2.44. The molecule has 3 nitrogen and oxygen atoms in total. The zero-order valence-corrected chi connectivity index (χ0v) is 13.7. The van der Waals surface area contributed by atoms with E-state index < -0.39 is 27.2 Å². The highest BCUT2D eigenvalue weighted by Crippen LogP contribution is 2.25. The van der Waals surface area contributed by atoms with Crippen LogP contribution in [-0.2, 0) is 9.84 Å². The largest absolute Gasteiger partial charge is 0.292 e. The van der Waals surface area contributed by atoms with Gasteiger partial charge < -0.3 is 0 Å². The number of thiophene rings is 1. The highest BCUT2D eigenvalue weighted by atomic mass is 79.9. The topological polar surface area (TPSA) is 51.2 Å². The fraction of sp³-hybridized carbons (Fsp3) is 0.0833. The van der Waals surface area contributed by atoms with Crippen molar-refractivity contribution in [1.29, 1.82) is 0 Å². The standard InChI is InChI=1S/C12H7BrClFO3S2/c13-8-3-4-19-12(8)11(16)6-20(17,18)7-1-2-10(15)9(14)5-7/h1-5H,6H2. The molecule has 0 saturated heterocycles. The summed E-state index contributed by atoms with van der Waals surface area (Å²) in [5, 5.41) is 1.38. The molecule has 0 aliphatic rings. The SMILES string of the molecule is O=C(CS(=O)(=O)c1ccc(F)c(Cl)c1)c1sccc1Br. The van der Waals surface area contributed by atoms with Crippen LogP contribution in [0, 0.1) is 5.82 Å². The summed E-state index contributed by atoms with van der Waals surface area (Å²) in [6.07, 6.45) is 0. The van der Waals surface area contributed by atoms with Gasteiger partial charge in [0.05, 0.1) is 14.8 Å². The Morgan fingerprint density at radius 3 is 2.60 bits per heavy atom. The second-order valence-corrected chi connectivity index (χ2v) is 8.02. The van der Waals surface area contributed by atoms with Gasteiger partial charge >= 0.3 is 0 Å². The molecule has 0 aliphatic heterocycles. The van der Waals surface area contributed by atoms with Gasteiger partial charge in [-0.25, -0.2) is 12.8 Å². The molecule has 2 aromatic rings. The summed E-state index contributed by atoms with van der Waals surface area (Å²) in [4.78, 5) is 12.1. The van der Waals surface area contributed by atoms with Crippen molar-refractivity contribution in [1.82, 2.24) is 0 Å². The predicted molar refractivity (Wildman–Crippen MR) is 79.8 cm³/mol. The molecule has 0 unspecified atom stereocenters. The van der Waals surface area contributed by atoms with Crippen molar-refractivity contribution < 1.29 is 17.6 Å². The molecule has 20 heavy (non-hydrogen) atoms. The van der Waals surface area contributed by atoms with Gasteiger partial charge in [-0.15, -0.1) is 11.3 Å². The molecule has 1 aromatic heterocycles. The summed E-state index contributed by atoms with van der Waals surface area (Å²) in [6, 6.07) is 4.72. The molecular formula is C12H7BrClFO3S2. The Balaban J connectivity index is 2.30. The molecule has 0 saturated carbocycles. The number of hydrogen-bond donors (Lipinski definition) is 0. The molecule has 1 aromatic carbocycles. The second-order valence-electron chi connectivity index (χ2n) is 3.86. The van der Waals surface area contributed by atoms with Crippen LogP contribution >= 0.6 is 38.9 Å². The Labute approximate surface area is 132 Å². The molecule has 0 atom stereocenters. The normalized spacial score (nSPS) is 11.6. The number of carbonyl (C=O) groups is 1. The van der Waals surface area contributed by atoms with Crippen molar-refractivity contribution in [2.45, 2.75) is 4.90 Å². The molecular weight excluding hydrogens is 391 g/mol. The van der Waals surface area contributed by atoms with E-state index in [1.165, 1.54) is 0 Å². The lowest BCUT2D eigenvalue weighted by molar-refractivity contribution is 0.102. The zero-order valence-electron chi connectivity index (χ0n) is 9.77. The van der Waals surface area contributed by atoms with Gasteiger partial charge in [-0.3, -0.25) is 4.79 Å². The fourth-order valence-corrected chi connectivity index (χ4v) is 4.58. The first kappa shape index (κ1) is 15.6. The van der Waals surface area contributed by atoms with Crippen molar-refractivity contribution in [3.63, 3.8) is 0 Å². The fourth-order valence-electron chi connectivity index (χ4n) is 1.48. The summed E-state index contributed by atoms with van der Waals surface area (Å²) >= 11 is 9.88. The summed E-state index contributed by atoms with van der Waals surface area (Å²) in [7, 11) is -3.86. The van der Waals surface area contributed by atoms with Crippen molar-refractivity contribution >= 4 is 54.5 Å². The Morgan fingerprint density at radius 2 is 2.05 bits per heavy atom. The van der Waals surface area contributed by atoms with Gasteiger partial charge in [0.2, 0.25) is 0 Å². The van der Waals surface area contributed by atoms with Crippen LogP contribution in [0.2, 0.25) is 5.02 Å². The van der Waals surface area contributed by atoms with E-state index in [0.29, 0.717) is 9.35 Å². The summed E-state index contributed by atoms with van der Waals surface area (Å²) in [5.41, 5.74) is 0. The van der Waals surface area contributed by atoms with E-state index in [4.69, 9.17) is 11.6 Å². The average Bonchev–Trinajstić information content (AvgIpc) is 2.78. The molecule has 8 heteroatoms. The van der Waals surface area contributed by atoms with E-state index in [1.807, 2.05) is 0 Å². The van der Waals surface area contributed by atoms with E-state index in [9.17, 15) is 17.6 Å². The van der Waals surface area contributed by atoms with E-state index in [-0.39, 0.29) is 9.92 Å². The Morgan fingerprint density at radius 1 is 1.35 bits per heavy atom. The highest BCUT2D eigenvalue weighted by molar-refractivity contribution is 9.10. The van der Waals surface area contributed by atoms with E-state index in [1.54, 1.807) is 11.4 Å². The number of sulfone groups is 1. The zero-order chi connectivity index (χ0) is 14.9. The number of rotatable bonds is 4. The molecule has 0 amide bonds. The Bertz CT molecular complexity index is 771. The summed E-state index contributed by atoms with van der Waals surface area (Å²) in [5.74, 6) is -1.92. The minimum Gasteiger partial charge on any atom is -0.292 e. The molecule has 2 rings (SSSR count). The first-order valence-electron chi connectivity index (χ1n) is 5.25. The predicted octanol–water partition coefficient (Wildman–Crippen LogP) is 3.96. The highest BCUT2D eigenvalue weighted by Gasteiger charge is 2.23. The maximum Gasteiger partial charge on any atom is 0.189 e. The van der Waals surface area contributed by atoms with Crippen molar-refractivity contribution in [2.75, 3.05) is 5.75 Å². The van der Waals surface area contributed by atoms with Crippen LogP contribution in [0.3, 0.4) is 0 Å². The Kier molecular flexibility index (Phi) is 4.63. The summed E-state index contributed by atoms with van der Waals surface area (Å²) < 4.78 is 37.8. The Hall–Kier alpha value is -0.760. The number of hydrogen-bond acceptors (Lipinski definition) is 4. The average molecular weight is 398 g/mol. The molecule has 106 valence electrons. The van der Waals surface area contributed by atoms with Crippen molar-refractivity contribution in [2.24, 2.45) is 0 Å². The lowest BCUT2D eigenvalue weighted by Crippen LogP contribution is -2.16. The van der Waals surface area contributed by atoms with Gasteiger partial charge in [0.25, 0.3) is 0 Å². The van der Waals surface area contributed by atoms with Gasteiger partial charge in [-0.2, -0.15) is 0 Å². The van der Waals surface area contributed by atoms with Crippen LogP contribution in [0.15, 0.2) is 39.0 Å². The maximum absolute atomic E-state index is 13.0. The third kappa shape index (κ3) is 3.28. The molecule has 1 heterocycles. The monoisotopic (exact) mass is 396 g/mol. The molecule has 0 spiro atoms.